The lowest BCUT2D eigenvalue weighted by Gasteiger charge is -2.34. The monoisotopic (exact) mass is 379 g/mol. The van der Waals surface area contributed by atoms with E-state index in [0.29, 0.717) is 24.0 Å². The Hall–Kier alpha value is -3.26. The summed E-state index contributed by atoms with van der Waals surface area (Å²) < 4.78 is 0. The number of hydrogen-bond acceptors (Lipinski definition) is 5. The van der Waals surface area contributed by atoms with Gasteiger partial charge in [0.25, 0.3) is 11.6 Å². The van der Waals surface area contributed by atoms with Gasteiger partial charge in [0.2, 0.25) is 0 Å². The van der Waals surface area contributed by atoms with Gasteiger partial charge in [0.15, 0.2) is 5.69 Å². The molecule has 8 nitrogen and oxygen atoms in total. The number of carbonyl (C=O) groups excluding carboxylic acids is 1. The number of nitro benzene ring substituents is 1. The average Bonchev–Trinajstić information content (AvgIpc) is 3.13. The number of nitro groups is 1. The maximum absolute atomic E-state index is 12.9. The second kappa shape index (κ2) is 7.40. The number of benzene rings is 2. The zero-order chi connectivity index (χ0) is 19.7. The maximum atomic E-state index is 12.9. The number of aromatic nitrogens is 2. The second-order valence-corrected chi connectivity index (χ2v) is 7.05. The summed E-state index contributed by atoms with van der Waals surface area (Å²) in [7, 11) is 0. The molecule has 2 aromatic carbocycles. The molecule has 0 saturated carbocycles. The summed E-state index contributed by atoms with van der Waals surface area (Å²) in [6.07, 6.45) is 0. The van der Waals surface area contributed by atoms with Crippen molar-refractivity contribution >= 4 is 22.5 Å². The first kappa shape index (κ1) is 18.1. The average molecular weight is 379 g/mol. The fraction of sp³-hybridized carbons (Fsp3) is 0.300. The number of aromatic amines is 1. The Bertz CT molecular complexity index is 1040. The van der Waals surface area contributed by atoms with Gasteiger partial charge in [0.05, 0.1) is 10.4 Å². The molecule has 28 heavy (non-hydrogen) atoms. The van der Waals surface area contributed by atoms with Crippen molar-refractivity contribution in [2.75, 3.05) is 26.2 Å². The molecule has 0 unspecified atom stereocenters. The van der Waals surface area contributed by atoms with Gasteiger partial charge in [0, 0.05) is 50.2 Å². The fourth-order valence-electron chi connectivity index (χ4n) is 3.57. The SMILES string of the molecule is Cc1ccccc1CN1CCN(C(=O)c2n[nH]c3ccc([N+](=O)[O-])cc23)CC1. The predicted molar refractivity (Wildman–Crippen MR) is 105 cm³/mol. The lowest BCUT2D eigenvalue weighted by molar-refractivity contribution is -0.384. The molecule has 8 heteroatoms. The first-order valence-corrected chi connectivity index (χ1v) is 9.21. The topological polar surface area (TPSA) is 95.4 Å². The largest absolute Gasteiger partial charge is 0.335 e. The van der Waals surface area contributed by atoms with Crippen molar-refractivity contribution in [1.29, 1.82) is 0 Å². The number of nitrogens with one attached hydrogen (secondary N) is 1. The van der Waals surface area contributed by atoms with Crippen LogP contribution in [0.15, 0.2) is 42.5 Å². The van der Waals surface area contributed by atoms with Crippen LogP contribution in [0.25, 0.3) is 10.9 Å². The minimum atomic E-state index is -0.467. The van der Waals surface area contributed by atoms with Gasteiger partial charge in [0.1, 0.15) is 0 Å². The lowest BCUT2D eigenvalue weighted by atomic mass is 10.1. The maximum Gasteiger partial charge on any atom is 0.275 e. The van der Waals surface area contributed by atoms with E-state index >= 15 is 0 Å². The minimum Gasteiger partial charge on any atom is -0.335 e. The van der Waals surface area contributed by atoms with E-state index in [9.17, 15) is 14.9 Å². The third-order valence-electron chi connectivity index (χ3n) is 5.27. The Balaban J connectivity index is 1.46. The smallest absolute Gasteiger partial charge is 0.275 e. The van der Waals surface area contributed by atoms with E-state index in [1.54, 1.807) is 11.0 Å². The molecule has 1 amide bonds. The Morgan fingerprint density at radius 1 is 1.18 bits per heavy atom. The van der Waals surface area contributed by atoms with Crippen LogP contribution >= 0.6 is 0 Å². The van der Waals surface area contributed by atoms with Crippen LogP contribution < -0.4 is 0 Å². The zero-order valence-corrected chi connectivity index (χ0v) is 15.6. The molecule has 0 aliphatic carbocycles. The van der Waals surface area contributed by atoms with Crippen molar-refractivity contribution in [2.24, 2.45) is 0 Å². The van der Waals surface area contributed by atoms with E-state index in [1.807, 2.05) is 12.1 Å². The molecule has 1 saturated heterocycles. The molecule has 1 N–H and O–H groups in total. The standard InChI is InChI=1S/C20H21N5O3/c1-14-4-2-3-5-15(14)13-23-8-10-24(11-9-23)20(26)19-17-12-16(25(27)28)6-7-18(17)21-22-19/h2-7,12H,8-11,13H2,1H3,(H,21,22). The Labute approximate surface area is 161 Å². The number of fused-ring (bicyclic) bond motifs is 1. The molecule has 4 rings (SSSR count). The first-order chi connectivity index (χ1) is 13.5. The number of carbonyl (C=O) groups is 1. The molecule has 144 valence electrons. The predicted octanol–water partition coefficient (Wildman–Crippen LogP) is 2.74. The summed E-state index contributed by atoms with van der Waals surface area (Å²) in [5.41, 5.74) is 3.38. The van der Waals surface area contributed by atoms with E-state index in [0.717, 1.165) is 19.6 Å². The molecular weight excluding hydrogens is 358 g/mol. The summed E-state index contributed by atoms with van der Waals surface area (Å²) >= 11 is 0. The highest BCUT2D eigenvalue weighted by molar-refractivity contribution is 6.05. The van der Waals surface area contributed by atoms with E-state index in [1.165, 1.54) is 23.3 Å². The fourth-order valence-corrected chi connectivity index (χ4v) is 3.57. The van der Waals surface area contributed by atoms with Crippen molar-refractivity contribution < 1.29 is 9.72 Å². The van der Waals surface area contributed by atoms with Gasteiger partial charge >= 0.3 is 0 Å². The highest BCUT2D eigenvalue weighted by Crippen LogP contribution is 2.23. The molecule has 2 heterocycles. The van der Waals surface area contributed by atoms with Gasteiger partial charge in [-0.05, 0) is 24.1 Å². The van der Waals surface area contributed by atoms with Crippen molar-refractivity contribution in [3.8, 4) is 0 Å². The van der Waals surface area contributed by atoms with Crippen LogP contribution in [-0.2, 0) is 6.54 Å². The van der Waals surface area contributed by atoms with Crippen LogP contribution in [0.3, 0.4) is 0 Å². The van der Waals surface area contributed by atoms with Gasteiger partial charge in [-0.2, -0.15) is 5.10 Å². The summed E-state index contributed by atoms with van der Waals surface area (Å²) in [6, 6.07) is 12.7. The Morgan fingerprint density at radius 3 is 2.64 bits per heavy atom. The molecule has 1 aliphatic heterocycles. The number of aryl methyl sites for hydroxylation is 1. The number of piperazine rings is 1. The molecule has 0 spiro atoms. The number of amides is 1. The number of nitrogens with zero attached hydrogens (tertiary/aromatic N) is 4. The van der Waals surface area contributed by atoms with Crippen molar-refractivity contribution in [1.82, 2.24) is 20.0 Å². The van der Waals surface area contributed by atoms with Crippen molar-refractivity contribution in [3.63, 3.8) is 0 Å². The van der Waals surface area contributed by atoms with Gasteiger partial charge < -0.3 is 4.90 Å². The van der Waals surface area contributed by atoms with Gasteiger partial charge in [-0.3, -0.25) is 24.9 Å². The third-order valence-corrected chi connectivity index (χ3v) is 5.27. The van der Waals surface area contributed by atoms with Crippen molar-refractivity contribution in [3.05, 3.63) is 69.4 Å². The minimum absolute atomic E-state index is 0.0500. The number of hydrogen-bond donors (Lipinski definition) is 1. The summed E-state index contributed by atoms with van der Waals surface area (Å²) in [5, 5.41) is 18.4. The molecule has 3 aromatic rings. The van der Waals surface area contributed by atoms with E-state index in [4.69, 9.17) is 0 Å². The van der Waals surface area contributed by atoms with Gasteiger partial charge in [-0.25, -0.2) is 0 Å². The molecule has 1 aromatic heterocycles. The number of rotatable bonds is 4. The van der Waals surface area contributed by atoms with E-state index in [2.05, 4.69) is 34.2 Å². The summed E-state index contributed by atoms with van der Waals surface area (Å²) in [6.45, 7) is 5.75. The molecule has 0 radical (unpaired) electrons. The molecule has 0 bridgehead atoms. The number of non-ortho nitro benzene ring substituents is 1. The molecule has 0 atom stereocenters. The molecule has 1 fully saturated rings. The van der Waals surface area contributed by atoms with Crippen molar-refractivity contribution in [2.45, 2.75) is 13.5 Å². The van der Waals surface area contributed by atoms with Crippen LogP contribution in [0, 0.1) is 17.0 Å². The molecular formula is C20H21N5O3. The second-order valence-electron chi connectivity index (χ2n) is 7.05. The third kappa shape index (κ3) is 3.46. The lowest BCUT2D eigenvalue weighted by Crippen LogP contribution is -2.48. The zero-order valence-electron chi connectivity index (χ0n) is 15.6. The molecule has 1 aliphatic rings. The Kier molecular flexibility index (Phi) is 4.79. The first-order valence-electron chi connectivity index (χ1n) is 9.21. The highest BCUT2D eigenvalue weighted by Gasteiger charge is 2.26. The van der Waals surface area contributed by atoms with Gasteiger partial charge in [-0.1, -0.05) is 24.3 Å². The number of H-pyrrole nitrogens is 1. The Morgan fingerprint density at radius 2 is 1.93 bits per heavy atom. The summed E-state index contributed by atoms with van der Waals surface area (Å²) in [5.74, 6) is -0.192. The van der Waals surface area contributed by atoms with E-state index in [-0.39, 0.29) is 17.3 Å². The van der Waals surface area contributed by atoms with E-state index < -0.39 is 4.92 Å². The quantitative estimate of drug-likeness (QED) is 0.555. The van der Waals surface area contributed by atoms with Crippen LogP contribution in [-0.4, -0.2) is 57.0 Å². The highest BCUT2D eigenvalue weighted by atomic mass is 16.6. The van der Waals surface area contributed by atoms with Gasteiger partial charge in [-0.15, -0.1) is 0 Å². The van der Waals surface area contributed by atoms with Crippen LogP contribution in [0.5, 0.6) is 0 Å². The van der Waals surface area contributed by atoms with Crippen LogP contribution in [0.2, 0.25) is 0 Å². The summed E-state index contributed by atoms with van der Waals surface area (Å²) in [4.78, 5) is 27.6. The van der Waals surface area contributed by atoms with Crippen LogP contribution in [0.4, 0.5) is 5.69 Å². The van der Waals surface area contributed by atoms with Crippen LogP contribution in [0.1, 0.15) is 21.6 Å². The normalized spacial score (nSPS) is 15.1.